The SMILES string of the molecule is CC(=N)/C=C\c1ncc(-c2ccnc(N3CCN(C(C)=O)CC3)c2)[nH]1. The molecule has 3 heterocycles. The highest BCUT2D eigenvalue weighted by atomic mass is 16.2. The monoisotopic (exact) mass is 338 g/mol. The van der Waals surface area contributed by atoms with Crippen molar-refractivity contribution in [1.29, 1.82) is 5.41 Å². The van der Waals surface area contributed by atoms with E-state index in [4.69, 9.17) is 5.41 Å². The van der Waals surface area contributed by atoms with Crippen molar-refractivity contribution in [2.24, 2.45) is 0 Å². The molecular formula is C18H22N6O. The summed E-state index contributed by atoms with van der Waals surface area (Å²) in [5.74, 6) is 1.75. The zero-order valence-electron chi connectivity index (χ0n) is 14.5. The number of pyridine rings is 1. The van der Waals surface area contributed by atoms with Crippen LogP contribution in [0, 0.1) is 5.41 Å². The van der Waals surface area contributed by atoms with Crippen LogP contribution in [-0.2, 0) is 4.79 Å². The van der Waals surface area contributed by atoms with Gasteiger partial charge in [0.1, 0.15) is 11.6 Å². The van der Waals surface area contributed by atoms with Crippen LogP contribution in [0.3, 0.4) is 0 Å². The highest BCUT2D eigenvalue weighted by Gasteiger charge is 2.19. The first-order valence-electron chi connectivity index (χ1n) is 8.28. The number of nitrogens with zero attached hydrogens (tertiary/aromatic N) is 4. The number of hydrogen-bond acceptors (Lipinski definition) is 5. The van der Waals surface area contributed by atoms with Crippen LogP contribution in [0.1, 0.15) is 19.7 Å². The molecular weight excluding hydrogens is 316 g/mol. The van der Waals surface area contributed by atoms with E-state index in [1.54, 1.807) is 38.4 Å². The van der Waals surface area contributed by atoms with Crippen molar-refractivity contribution in [2.45, 2.75) is 13.8 Å². The predicted molar refractivity (Wildman–Crippen MR) is 98.7 cm³/mol. The van der Waals surface area contributed by atoms with Crippen LogP contribution in [0.4, 0.5) is 5.82 Å². The number of piperazine rings is 1. The van der Waals surface area contributed by atoms with Crippen LogP contribution in [0.5, 0.6) is 0 Å². The summed E-state index contributed by atoms with van der Waals surface area (Å²) in [6.07, 6.45) is 7.07. The quantitative estimate of drug-likeness (QED) is 0.836. The Hall–Kier alpha value is -2.96. The molecule has 0 aromatic carbocycles. The molecule has 0 saturated carbocycles. The Balaban J connectivity index is 1.74. The molecule has 0 radical (unpaired) electrons. The van der Waals surface area contributed by atoms with Crippen molar-refractivity contribution in [2.75, 3.05) is 31.1 Å². The van der Waals surface area contributed by atoms with Gasteiger partial charge >= 0.3 is 0 Å². The first kappa shape index (κ1) is 16.9. The zero-order chi connectivity index (χ0) is 17.8. The van der Waals surface area contributed by atoms with Gasteiger partial charge in [-0.2, -0.15) is 0 Å². The third-order valence-corrected chi connectivity index (χ3v) is 4.19. The number of imidazole rings is 1. The molecule has 25 heavy (non-hydrogen) atoms. The number of anilines is 1. The molecule has 2 N–H and O–H groups in total. The average Bonchev–Trinajstić information content (AvgIpc) is 3.09. The number of carbonyl (C=O) groups excluding carboxylic acids is 1. The second-order valence-corrected chi connectivity index (χ2v) is 6.09. The number of carbonyl (C=O) groups is 1. The molecule has 7 heteroatoms. The highest BCUT2D eigenvalue weighted by Crippen LogP contribution is 2.22. The Morgan fingerprint density at radius 3 is 2.68 bits per heavy atom. The maximum absolute atomic E-state index is 11.4. The molecule has 1 amide bonds. The number of aromatic nitrogens is 3. The number of rotatable bonds is 4. The topological polar surface area (TPSA) is 89.0 Å². The van der Waals surface area contributed by atoms with E-state index in [9.17, 15) is 4.79 Å². The molecule has 0 spiro atoms. The van der Waals surface area contributed by atoms with E-state index in [0.717, 1.165) is 49.1 Å². The van der Waals surface area contributed by atoms with Crippen LogP contribution in [0.25, 0.3) is 17.3 Å². The summed E-state index contributed by atoms with van der Waals surface area (Å²) in [7, 11) is 0. The van der Waals surface area contributed by atoms with Gasteiger partial charge < -0.3 is 20.2 Å². The molecule has 0 bridgehead atoms. The van der Waals surface area contributed by atoms with Gasteiger partial charge in [-0.3, -0.25) is 4.79 Å². The van der Waals surface area contributed by atoms with Crippen LogP contribution in [0.15, 0.2) is 30.6 Å². The second kappa shape index (κ2) is 7.29. The van der Waals surface area contributed by atoms with E-state index < -0.39 is 0 Å². The van der Waals surface area contributed by atoms with Gasteiger partial charge in [0.15, 0.2) is 0 Å². The first-order chi connectivity index (χ1) is 12.0. The van der Waals surface area contributed by atoms with Crippen molar-refractivity contribution < 1.29 is 4.79 Å². The maximum atomic E-state index is 11.4. The van der Waals surface area contributed by atoms with Gasteiger partial charge in [0.2, 0.25) is 5.91 Å². The number of allylic oxidation sites excluding steroid dienone is 1. The standard InChI is InChI=1S/C18H22N6O/c1-13(19)3-4-17-21-12-16(22-17)15-5-6-20-18(11-15)24-9-7-23(8-10-24)14(2)25/h3-6,11-12,19H,7-10H2,1-2H3,(H,21,22)/b4-3-,19-13?. The Labute approximate surface area is 146 Å². The minimum atomic E-state index is 0.125. The largest absolute Gasteiger partial charge is 0.353 e. The molecule has 1 saturated heterocycles. The summed E-state index contributed by atoms with van der Waals surface area (Å²) in [5, 5.41) is 7.43. The number of nitrogens with one attached hydrogen (secondary N) is 2. The lowest BCUT2D eigenvalue weighted by Crippen LogP contribution is -2.48. The van der Waals surface area contributed by atoms with Crippen LogP contribution in [-0.4, -0.2) is 57.6 Å². The Morgan fingerprint density at radius 1 is 1.24 bits per heavy atom. The minimum absolute atomic E-state index is 0.125. The maximum Gasteiger partial charge on any atom is 0.219 e. The highest BCUT2D eigenvalue weighted by molar-refractivity contribution is 5.93. The molecule has 3 rings (SSSR count). The zero-order valence-corrected chi connectivity index (χ0v) is 14.5. The number of aromatic amines is 1. The Bertz CT molecular complexity index is 801. The van der Waals surface area contributed by atoms with Crippen LogP contribution >= 0.6 is 0 Å². The molecule has 0 atom stereocenters. The van der Waals surface area contributed by atoms with Crippen molar-refractivity contribution in [3.63, 3.8) is 0 Å². The van der Waals surface area contributed by atoms with Gasteiger partial charge in [-0.1, -0.05) is 0 Å². The summed E-state index contributed by atoms with van der Waals surface area (Å²) >= 11 is 0. The van der Waals surface area contributed by atoms with E-state index in [1.807, 2.05) is 17.0 Å². The van der Waals surface area contributed by atoms with Gasteiger partial charge in [-0.15, -0.1) is 0 Å². The average molecular weight is 338 g/mol. The summed E-state index contributed by atoms with van der Waals surface area (Å²) in [5.41, 5.74) is 2.40. The Morgan fingerprint density at radius 2 is 2.00 bits per heavy atom. The normalized spacial score (nSPS) is 15.0. The lowest BCUT2D eigenvalue weighted by molar-refractivity contribution is -0.129. The van der Waals surface area contributed by atoms with Gasteiger partial charge in [0.25, 0.3) is 0 Å². The molecule has 1 aliphatic rings. The van der Waals surface area contributed by atoms with Crippen molar-refractivity contribution in [1.82, 2.24) is 19.9 Å². The fraction of sp³-hybridized carbons (Fsp3) is 0.333. The Kier molecular flexibility index (Phi) is 4.92. The molecule has 0 aliphatic carbocycles. The molecule has 0 unspecified atom stereocenters. The summed E-state index contributed by atoms with van der Waals surface area (Å²) < 4.78 is 0. The molecule has 1 aliphatic heterocycles. The molecule has 2 aromatic rings. The fourth-order valence-electron chi connectivity index (χ4n) is 2.78. The third-order valence-electron chi connectivity index (χ3n) is 4.19. The van der Waals surface area contributed by atoms with Crippen molar-refractivity contribution in [3.05, 3.63) is 36.4 Å². The van der Waals surface area contributed by atoms with Crippen LogP contribution < -0.4 is 4.90 Å². The second-order valence-electron chi connectivity index (χ2n) is 6.09. The van der Waals surface area contributed by atoms with E-state index in [-0.39, 0.29) is 5.91 Å². The smallest absolute Gasteiger partial charge is 0.219 e. The van der Waals surface area contributed by atoms with Crippen molar-refractivity contribution in [3.8, 4) is 11.3 Å². The fourth-order valence-corrected chi connectivity index (χ4v) is 2.78. The van der Waals surface area contributed by atoms with E-state index in [1.165, 1.54) is 0 Å². The summed E-state index contributed by atoms with van der Waals surface area (Å²) in [6.45, 7) is 6.35. The molecule has 2 aromatic heterocycles. The lowest BCUT2D eigenvalue weighted by Gasteiger charge is -2.35. The molecule has 7 nitrogen and oxygen atoms in total. The van der Waals surface area contributed by atoms with E-state index >= 15 is 0 Å². The number of H-pyrrole nitrogens is 1. The van der Waals surface area contributed by atoms with Crippen LogP contribution in [0.2, 0.25) is 0 Å². The summed E-state index contributed by atoms with van der Waals surface area (Å²) in [6, 6.07) is 3.98. The van der Waals surface area contributed by atoms with Crippen molar-refractivity contribution >= 4 is 23.5 Å². The number of amides is 1. The molecule has 130 valence electrons. The number of hydrogen-bond donors (Lipinski definition) is 2. The first-order valence-corrected chi connectivity index (χ1v) is 8.28. The van der Waals surface area contributed by atoms with E-state index in [2.05, 4.69) is 19.9 Å². The predicted octanol–water partition coefficient (Wildman–Crippen LogP) is 2.19. The van der Waals surface area contributed by atoms with Gasteiger partial charge in [0.05, 0.1) is 11.9 Å². The lowest BCUT2D eigenvalue weighted by atomic mass is 10.2. The minimum Gasteiger partial charge on any atom is -0.353 e. The third kappa shape index (κ3) is 4.12. The van der Waals surface area contributed by atoms with Gasteiger partial charge in [-0.05, 0) is 31.2 Å². The molecule has 1 fully saturated rings. The van der Waals surface area contributed by atoms with E-state index in [0.29, 0.717) is 5.71 Å². The van der Waals surface area contributed by atoms with Gasteiger partial charge in [0, 0.05) is 50.6 Å². The van der Waals surface area contributed by atoms with Gasteiger partial charge in [-0.25, -0.2) is 9.97 Å². The summed E-state index contributed by atoms with van der Waals surface area (Å²) in [4.78, 5) is 27.5.